The number of benzene rings is 3. The van der Waals surface area contributed by atoms with Gasteiger partial charge in [0.15, 0.2) is 0 Å². The van der Waals surface area contributed by atoms with Crippen molar-refractivity contribution in [3.8, 4) is 0 Å². The Balaban J connectivity index is 1.95. The number of rotatable bonds is 6. The smallest absolute Gasteiger partial charge is 0.211 e. The lowest BCUT2D eigenvalue weighted by molar-refractivity contribution is 0.565. The molecule has 0 spiro atoms. The monoisotopic (exact) mass is 333 g/mol. The highest BCUT2D eigenvalue weighted by Gasteiger charge is 2.07. The van der Waals surface area contributed by atoms with Gasteiger partial charge < -0.3 is 0 Å². The van der Waals surface area contributed by atoms with Crippen LogP contribution in [0.4, 0.5) is 5.69 Å². The van der Waals surface area contributed by atoms with E-state index >= 15 is 0 Å². The Bertz CT molecular complexity index is 892. The molecule has 0 aliphatic carbocycles. The molecule has 0 unspecified atom stereocenters. The van der Waals surface area contributed by atoms with Crippen LogP contribution in [0.2, 0.25) is 0 Å². The summed E-state index contributed by atoms with van der Waals surface area (Å²) in [4.78, 5) is 16.9. The zero-order valence-electron chi connectivity index (χ0n) is 13.7. The largest absolute Gasteiger partial charge is 0.240 e. The molecular formula is C21H19NOS. The Kier molecular flexibility index (Phi) is 5.47. The lowest BCUT2D eigenvalue weighted by atomic mass is 10.1. The minimum absolute atomic E-state index is 0.737. The van der Waals surface area contributed by atoms with Crippen molar-refractivity contribution in [1.29, 1.82) is 0 Å². The van der Waals surface area contributed by atoms with Gasteiger partial charge in [-0.05, 0) is 53.4 Å². The zero-order chi connectivity index (χ0) is 16.8. The van der Waals surface area contributed by atoms with Crippen molar-refractivity contribution in [1.82, 2.24) is 0 Å². The van der Waals surface area contributed by atoms with Crippen molar-refractivity contribution in [2.45, 2.75) is 36.0 Å². The Morgan fingerprint density at radius 3 is 2.71 bits per heavy atom. The highest BCUT2D eigenvalue weighted by molar-refractivity contribution is 7.99. The van der Waals surface area contributed by atoms with Crippen molar-refractivity contribution in [3.63, 3.8) is 0 Å². The number of isocyanates is 1. The fourth-order valence-corrected chi connectivity index (χ4v) is 3.80. The molecule has 0 amide bonds. The molecule has 3 aromatic rings. The van der Waals surface area contributed by atoms with E-state index in [0.717, 1.165) is 30.5 Å². The Hall–Kier alpha value is -2.35. The Labute approximate surface area is 146 Å². The van der Waals surface area contributed by atoms with Crippen molar-refractivity contribution in [2.75, 3.05) is 0 Å². The van der Waals surface area contributed by atoms with E-state index < -0.39 is 0 Å². The SMILES string of the molecule is CCCCc1cc(Sc2cccc3ccccc23)ccc1N=C=O. The van der Waals surface area contributed by atoms with E-state index in [-0.39, 0.29) is 0 Å². The number of unbranched alkanes of at least 4 members (excludes halogenated alkanes) is 1. The highest BCUT2D eigenvalue weighted by atomic mass is 32.2. The van der Waals surface area contributed by atoms with E-state index in [1.807, 2.05) is 12.1 Å². The summed E-state index contributed by atoms with van der Waals surface area (Å²) in [7, 11) is 0. The summed E-state index contributed by atoms with van der Waals surface area (Å²) in [5.41, 5.74) is 1.85. The summed E-state index contributed by atoms with van der Waals surface area (Å²) < 4.78 is 0. The third kappa shape index (κ3) is 3.76. The van der Waals surface area contributed by atoms with Crippen molar-refractivity contribution < 1.29 is 4.79 Å². The van der Waals surface area contributed by atoms with Gasteiger partial charge in [0.1, 0.15) is 0 Å². The number of hydrogen-bond acceptors (Lipinski definition) is 3. The molecule has 120 valence electrons. The summed E-state index contributed by atoms with van der Waals surface area (Å²) in [5, 5.41) is 2.51. The van der Waals surface area contributed by atoms with Crippen molar-refractivity contribution in [3.05, 3.63) is 66.2 Å². The molecule has 0 atom stereocenters. The van der Waals surface area contributed by atoms with Crippen LogP contribution in [0.3, 0.4) is 0 Å². The van der Waals surface area contributed by atoms with E-state index in [9.17, 15) is 4.79 Å². The van der Waals surface area contributed by atoms with Gasteiger partial charge in [-0.1, -0.05) is 61.5 Å². The fourth-order valence-electron chi connectivity index (χ4n) is 2.76. The predicted molar refractivity (Wildman–Crippen MR) is 101 cm³/mol. The van der Waals surface area contributed by atoms with E-state index in [1.165, 1.54) is 20.6 Å². The van der Waals surface area contributed by atoms with Gasteiger partial charge in [-0.2, -0.15) is 4.99 Å². The molecule has 0 aromatic heterocycles. The van der Waals surface area contributed by atoms with Crippen LogP contribution >= 0.6 is 11.8 Å². The fraction of sp³-hybridized carbons (Fsp3) is 0.190. The average molecular weight is 333 g/mol. The topological polar surface area (TPSA) is 29.4 Å². The molecule has 24 heavy (non-hydrogen) atoms. The van der Waals surface area contributed by atoms with Crippen LogP contribution in [0.1, 0.15) is 25.3 Å². The number of hydrogen-bond donors (Lipinski definition) is 0. The maximum Gasteiger partial charge on any atom is 0.240 e. The zero-order valence-corrected chi connectivity index (χ0v) is 14.5. The summed E-state index contributed by atoms with van der Waals surface area (Å²) in [6, 6.07) is 20.9. The number of carbonyl (C=O) groups excluding carboxylic acids is 1. The van der Waals surface area contributed by atoms with Crippen LogP contribution in [0.5, 0.6) is 0 Å². The number of aryl methyl sites for hydroxylation is 1. The summed E-state index contributed by atoms with van der Waals surface area (Å²) in [5.74, 6) is 0. The van der Waals surface area contributed by atoms with E-state index in [1.54, 1.807) is 17.8 Å². The summed E-state index contributed by atoms with van der Waals surface area (Å²) in [6.45, 7) is 2.16. The van der Waals surface area contributed by atoms with Crippen LogP contribution < -0.4 is 0 Å². The molecule has 0 bridgehead atoms. The van der Waals surface area contributed by atoms with Gasteiger partial charge >= 0.3 is 0 Å². The molecule has 3 rings (SSSR count). The molecule has 3 aromatic carbocycles. The van der Waals surface area contributed by atoms with Crippen LogP contribution in [0, 0.1) is 0 Å². The molecule has 0 radical (unpaired) electrons. The van der Waals surface area contributed by atoms with E-state index in [2.05, 4.69) is 60.4 Å². The van der Waals surface area contributed by atoms with E-state index in [0.29, 0.717) is 0 Å². The minimum Gasteiger partial charge on any atom is -0.211 e. The van der Waals surface area contributed by atoms with Gasteiger partial charge in [-0.15, -0.1) is 0 Å². The molecule has 0 N–H and O–H groups in total. The molecule has 2 nitrogen and oxygen atoms in total. The lowest BCUT2D eigenvalue weighted by Crippen LogP contribution is -1.87. The molecule has 0 fully saturated rings. The summed E-state index contributed by atoms with van der Waals surface area (Å²) in [6.07, 6.45) is 4.80. The first-order valence-corrected chi connectivity index (χ1v) is 9.00. The second kappa shape index (κ2) is 7.96. The lowest BCUT2D eigenvalue weighted by Gasteiger charge is -2.09. The van der Waals surface area contributed by atoms with Gasteiger partial charge in [0.25, 0.3) is 0 Å². The Morgan fingerprint density at radius 2 is 1.88 bits per heavy atom. The Morgan fingerprint density at radius 1 is 1.04 bits per heavy atom. The first-order chi connectivity index (χ1) is 11.8. The highest BCUT2D eigenvalue weighted by Crippen LogP contribution is 2.35. The third-order valence-electron chi connectivity index (χ3n) is 3.99. The average Bonchev–Trinajstić information content (AvgIpc) is 2.62. The van der Waals surface area contributed by atoms with Gasteiger partial charge in [0.2, 0.25) is 6.08 Å². The summed E-state index contributed by atoms with van der Waals surface area (Å²) >= 11 is 1.75. The molecule has 0 saturated heterocycles. The molecule has 0 heterocycles. The van der Waals surface area contributed by atoms with Crippen LogP contribution in [-0.2, 0) is 11.2 Å². The third-order valence-corrected chi connectivity index (χ3v) is 5.06. The maximum atomic E-state index is 10.6. The molecule has 0 aliphatic heterocycles. The second-order valence-corrected chi connectivity index (χ2v) is 6.79. The molecule has 0 saturated carbocycles. The molecular weight excluding hydrogens is 314 g/mol. The van der Waals surface area contributed by atoms with Gasteiger partial charge in [0.05, 0.1) is 5.69 Å². The van der Waals surface area contributed by atoms with Crippen molar-refractivity contribution >= 4 is 34.3 Å². The molecule has 0 aliphatic rings. The number of nitrogens with zero attached hydrogens (tertiary/aromatic N) is 1. The number of aliphatic imine (C=N–C) groups is 1. The molecule has 3 heteroatoms. The standard InChI is InChI=1S/C21H19NOS/c1-2-3-7-17-14-18(12-13-20(17)22-15-23)24-21-11-6-9-16-8-4-5-10-19(16)21/h4-6,8-14H,2-3,7H2,1H3. The van der Waals surface area contributed by atoms with Crippen LogP contribution in [0.25, 0.3) is 10.8 Å². The second-order valence-electron chi connectivity index (χ2n) is 5.68. The maximum absolute atomic E-state index is 10.6. The van der Waals surface area contributed by atoms with E-state index in [4.69, 9.17) is 0 Å². The quantitative estimate of drug-likeness (QED) is 0.391. The first kappa shape index (κ1) is 16.5. The normalized spacial score (nSPS) is 10.5. The van der Waals surface area contributed by atoms with Gasteiger partial charge in [0, 0.05) is 9.79 Å². The van der Waals surface area contributed by atoms with Gasteiger partial charge in [-0.25, -0.2) is 4.79 Å². The predicted octanol–water partition coefficient (Wildman–Crippen LogP) is 6.30. The van der Waals surface area contributed by atoms with Crippen LogP contribution in [0.15, 0.2) is 75.4 Å². The number of fused-ring (bicyclic) bond motifs is 1. The van der Waals surface area contributed by atoms with Gasteiger partial charge in [-0.3, -0.25) is 0 Å². The first-order valence-electron chi connectivity index (χ1n) is 8.18. The minimum atomic E-state index is 0.737. The van der Waals surface area contributed by atoms with Crippen molar-refractivity contribution in [2.24, 2.45) is 4.99 Å². The van der Waals surface area contributed by atoms with Crippen LogP contribution in [-0.4, -0.2) is 6.08 Å².